The highest BCUT2D eigenvalue weighted by Gasteiger charge is 2.43. The number of rotatable bonds is 5. The van der Waals surface area contributed by atoms with E-state index in [9.17, 15) is 13.2 Å². The average molecular weight is 324 g/mol. The number of fused-ring (bicyclic) bond motifs is 1. The lowest BCUT2D eigenvalue weighted by Gasteiger charge is -2.18. The first-order chi connectivity index (χ1) is 9.39. The molecule has 1 amide bonds. The second kappa shape index (κ2) is 6.52. The zero-order valence-electron chi connectivity index (χ0n) is 11.8. The van der Waals surface area contributed by atoms with E-state index >= 15 is 0 Å². The van der Waals surface area contributed by atoms with Gasteiger partial charge >= 0.3 is 6.09 Å². The van der Waals surface area contributed by atoms with E-state index in [1.807, 2.05) is 0 Å². The van der Waals surface area contributed by atoms with Gasteiger partial charge in [0.2, 0.25) is 9.05 Å². The van der Waals surface area contributed by atoms with E-state index in [2.05, 4.69) is 6.92 Å². The standard InChI is InChI=1S/C13H22ClNO4S/c1-2-3-4-19-13(16)15-7-11-5-10(6-12(11)8-15)9-20(14,17)18/h10-12H,2-9H2,1H3/t10?,11-,12+. The summed E-state index contributed by atoms with van der Waals surface area (Å²) in [5.74, 6) is 1.00. The fourth-order valence-corrected chi connectivity index (χ4v) is 4.76. The molecule has 1 heterocycles. The van der Waals surface area contributed by atoms with Crippen molar-refractivity contribution in [2.45, 2.75) is 32.6 Å². The number of ether oxygens (including phenoxy) is 1. The molecule has 2 fully saturated rings. The van der Waals surface area contributed by atoms with E-state index in [0.717, 1.165) is 25.7 Å². The minimum atomic E-state index is -3.42. The van der Waals surface area contributed by atoms with Crippen LogP contribution in [0.2, 0.25) is 0 Å². The average Bonchev–Trinajstić information content (AvgIpc) is 2.84. The zero-order valence-corrected chi connectivity index (χ0v) is 13.3. The minimum absolute atomic E-state index is 0.0580. The highest BCUT2D eigenvalue weighted by Crippen LogP contribution is 2.42. The summed E-state index contributed by atoms with van der Waals surface area (Å²) in [6.45, 7) is 3.91. The van der Waals surface area contributed by atoms with E-state index in [1.54, 1.807) is 4.90 Å². The fourth-order valence-electron chi connectivity index (χ4n) is 3.39. The van der Waals surface area contributed by atoms with Crippen molar-refractivity contribution in [3.8, 4) is 0 Å². The second-order valence-electron chi connectivity index (χ2n) is 5.94. The Balaban J connectivity index is 1.77. The summed E-state index contributed by atoms with van der Waals surface area (Å²) < 4.78 is 27.4. The van der Waals surface area contributed by atoms with Crippen LogP contribution in [0.1, 0.15) is 32.6 Å². The van der Waals surface area contributed by atoms with Crippen LogP contribution in [0.5, 0.6) is 0 Å². The SMILES string of the molecule is CCCCOC(=O)N1C[C@H]2CC(CS(=O)(=O)Cl)C[C@H]2C1. The molecular weight excluding hydrogens is 302 g/mol. The van der Waals surface area contributed by atoms with Gasteiger partial charge in [0.25, 0.3) is 0 Å². The maximum atomic E-state index is 11.8. The van der Waals surface area contributed by atoms with Gasteiger partial charge in [0.05, 0.1) is 12.4 Å². The number of carbonyl (C=O) groups is 1. The molecule has 1 saturated heterocycles. The molecule has 7 heteroatoms. The lowest BCUT2D eigenvalue weighted by atomic mass is 10.0. The van der Waals surface area contributed by atoms with Crippen LogP contribution in [-0.4, -0.2) is 44.9 Å². The van der Waals surface area contributed by atoms with Gasteiger partial charge in [-0.15, -0.1) is 0 Å². The Morgan fingerprint density at radius 1 is 1.30 bits per heavy atom. The molecule has 3 atom stereocenters. The van der Waals surface area contributed by atoms with Gasteiger partial charge in [-0.2, -0.15) is 0 Å². The number of hydrogen-bond acceptors (Lipinski definition) is 4. The molecule has 0 radical (unpaired) electrons. The van der Waals surface area contributed by atoms with Gasteiger partial charge in [0.15, 0.2) is 0 Å². The first-order valence-corrected chi connectivity index (χ1v) is 9.71. The van der Waals surface area contributed by atoms with Crippen molar-refractivity contribution < 1.29 is 17.9 Å². The first-order valence-electron chi connectivity index (χ1n) is 7.23. The lowest BCUT2D eigenvalue weighted by molar-refractivity contribution is 0.106. The number of unbranched alkanes of at least 4 members (excludes halogenated alkanes) is 1. The molecule has 1 aliphatic carbocycles. The normalized spacial score (nSPS) is 29.5. The number of hydrogen-bond donors (Lipinski definition) is 0. The van der Waals surface area contributed by atoms with E-state index in [-0.39, 0.29) is 17.8 Å². The molecule has 1 aliphatic heterocycles. The first kappa shape index (κ1) is 15.9. The van der Waals surface area contributed by atoms with Gasteiger partial charge in [-0.05, 0) is 37.0 Å². The largest absolute Gasteiger partial charge is 0.449 e. The van der Waals surface area contributed by atoms with Crippen LogP contribution in [0.15, 0.2) is 0 Å². The molecule has 0 aromatic rings. The monoisotopic (exact) mass is 323 g/mol. The summed E-state index contributed by atoms with van der Waals surface area (Å²) in [6, 6.07) is 0. The minimum Gasteiger partial charge on any atom is -0.449 e. The van der Waals surface area contributed by atoms with Crippen molar-refractivity contribution >= 4 is 25.8 Å². The molecule has 5 nitrogen and oxygen atoms in total. The molecule has 2 rings (SSSR count). The molecule has 1 unspecified atom stereocenters. The van der Waals surface area contributed by atoms with Crippen molar-refractivity contribution in [1.29, 1.82) is 0 Å². The van der Waals surface area contributed by atoms with E-state index in [1.165, 1.54) is 0 Å². The van der Waals surface area contributed by atoms with E-state index in [0.29, 0.717) is 31.5 Å². The Bertz CT molecular complexity index is 439. The summed E-state index contributed by atoms with van der Waals surface area (Å²) >= 11 is 0. The smallest absolute Gasteiger partial charge is 0.409 e. The molecule has 20 heavy (non-hydrogen) atoms. The maximum Gasteiger partial charge on any atom is 0.409 e. The number of carbonyl (C=O) groups excluding carboxylic acids is 1. The number of nitrogens with zero attached hydrogens (tertiary/aromatic N) is 1. The molecule has 0 bridgehead atoms. The molecular formula is C13H22ClNO4S. The van der Waals surface area contributed by atoms with E-state index in [4.69, 9.17) is 15.4 Å². The Kier molecular flexibility index (Phi) is 5.18. The lowest BCUT2D eigenvalue weighted by Crippen LogP contribution is -2.31. The topological polar surface area (TPSA) is 63.7 Å². The van der Waals surface area contributed by atoms with Crippen LogP contribution in [0, 0.1) is 17.8 Å². The highest BCUT2D eigenvalue weighted by atomic mass is 35.7. The van der Waals surface area contributed by atoms with Crippen molar-refractivity contribution in [1.82, 2.24) is 4.90 Å². The fraction of sp³-hybridized carbons (Fsp3) is 0.923. The van der Waals surface area contributed by atoms with Gasteiger partial charge in [0.1, 0.15) is 0 Å². The third-order valence-corrected chi connectivity index (χ3v) is 5.51. The third kappa shape index (κ3) is 4.25. The Morgan fingerprint density at radius 2 is 1.90 bits per heavy atom. The van der Waals surface area contributed by atoms with Crippen molar-refractivity contribution in [2.75, 3.05) is 25.4 Å². The van der Waals surface area contributed by atoms with Gasteiger partial charge in [-0.3, -0.25) is 0 Å². The van der Waals surface area contributed by atoms with E-state index < -0.39 is 9.05 Å². The van der Waals surface area contributed by atoms with Gasteiger partial charge in [-0.25, -0.2) is 13.2 Å². The van der Waals surface area contributed by atoms with Crippen molar-refractivity contribution in [2.24, 2.45) is 17.8 Å². The summed E-state index contributed by atoms with van der Waals surface area (Å²) in [4.78, 5) is 13.6. The van der Waals surface area contributed by atoms with Gasteiger partial charge in [0, 0.05) is 23.8 Å². The van der Waals surface area contributed by atoms with Crippen LogP contribution in [-0.2, 0) is 13.8 Å². The molecule has 2 aliphatic rings. The maximum absolute atomic E-state index is 11.8. The molecule has 0 aromatic heterocycles. The number of amides is 1. The summed E-state index contributed by atoms with van der Waals surface area (Å²) in [5.41, 5.74) is 0. The number of likely N-dealkylation sites (tertiary alicyclic amines) is 1. The van der Waals surface area contributed by atoms with Gasteiger partial charge in [-0.1, -0.05) is 13.3 Å². The summed E-state index contributed by atoms with van der Waals surface area (Å²) in [7, 11) is 1.89. The molecule has 0 N–H and O–H groups in total. The Hall–Kier alpha value is -0.490. The van der Waals surface area contributed by atoms with Crippen molar-refractivity contribution in [3.63, 3.8) is 0 Å². The van der Waals surface area contributed by atoms with Crippen LogP contribution in [0.4, 0.5) is 4.79 Å². The molecule has 0 spiro atoms. The van der Waals surface area contributed by atoms with Crippen LogP contribution in [0.3, 0.4) is 0 Å². The Labute approximate surface area is 125 Å². The van der Waals surface area contributed by atoms with Crippen molar-refractivity contribution in [3.05, 3.63) is 0 Å². The highest BCUT2D eigenvalue weighted by molar-refractivity contribution is 8.13. The molecule has 116 valence electrons. The molecule has 1 saturated carbocycles. The predicted molar refractivity (Wildman–Crippen MR) is 77.2 cm³/mol. The third-order valence-electron chi connectivity index (χ3n) is 4.27. The van der Waals surface area contributed by atoms with Crippen LogP contribution in [0.25, 0.3) is 0 Å². The zero-order chi connectivity index (χ0) is 14.8. The summed E-state index contributed by atoms with van der Waals surface area (Å²) in [6.07, 6.45) is 3.36. The quantitative estimate of drug-likeness (QED) is 0.576. The number of halogens is 1. The van der Waals surface area contributed by atoms with Crippen LogP contribution < -0.4 is 0 Å². The second-order valence-corrected chi connectivity index (χ2v) is 8.76. The predicted octanol–water partition coefficient (Wildman–Crippen LogP) is 2.45. The molecule has 0 aromatic carbocycles. The van der Waals surface area contributed by atoms with Gasteiger partial charge < -0.3 is 9.64 Å². The summed E-state index contributed by atoms with van der Waals surface area (Å²) in [5, 5.41) is 0. The Morgan fingerprint density at radius 3 is 2.40 bits per heavy atom. The van der Waals surface area contributed by atoms with Crippen LogP contribution >= 0.6 is 10.7 Å².